The van der Waals surface area contributed by atoms with Gasteiger partial charge in [-0.05, 0) is 23.8 Å². The van der Waals surface area contributed by atoms with E-state index in [0.717, 1.165) is 12.1 Å². The van der Waals surface area contributed by atoms with Crippen molar-refractivity contribution in [3.63, 3.8) is 0 Å². The zero-order valence-electron chi connectivity index (χ0n) is 14.9. The van der Waals surface area contributed by atoms with E-state index in [1.165, 1.54) is 5.56 Å². The van der Waals surface area contributed by atoms with E-state index in [9.17, 15) is 5.11 Å². The number of aliphatic hydroxyl groups excluding tert-OH is 1. The maximum Gasteiger partial charge on any atom is 0.124 e. The molecule has 0 saturated carbocycles. The molecule has 4 heteroatoms. The molecule has 0 spiro atoms. The Labute approximate surface area is 144 Å². The lowest BCUT2D eigenvalue weighted by molar-refractivity contribution is 0.167. The van der Waals surface area contributed by atoms with E-state index in [2.05, 4.69) is 31.3 Å². The van der Waals surface area contributed by atoms with Gasteiger partial charge in [0.2, 0.25) is 0 Å². The van der Waals surface area contributed by atoms with Crippen molar-refractivity contribution in [3.05, 3.63) is 59.7 Å². The van der Waals surface area contributed by atoms with Crippen LogP contribution in [0.4, 0.5) is 0 Å². The average molecular weight is 329 g/mol. The van der Waals surface area contributed by atoms with E-state index in [4.69, 9.17) is 9.47 Å². The van der Waals surface area contributed by atoms with Gasteiger partial charge in [0.15, 0.2) is 0 Å². The van der Waals surface area contributed by atoms with E-state index in [-0.39, 0.29) is 5.41 Å². The molecular weight excluding hydrogens is 302 g/mol. The Balaban J connectivity index is 1.99. The smallest absolute Gasteiger partial charge is 0.124 e. The first-order valence-corrected chi connectivity index (χ1v) is 8.14. The van der Waals surface area contributed by atoms with Crippen LogP contribution >= 0.6 is 0 Å². The molecule has 2 rings (SSSR count). The quantitative estimate of drug-likeness (QED) is 0.780. The standard InChI is InChI=1S/C20H27NO3/c1-20(2,15-8-6-5-7-9-15)14-21-13-18(22)17-12-16(23-3)10-11-19(17)24-4/h5-12,18,21-22H,13-14H2,1-4H3. The van der Waals surface area contributed by atoms with E-state index in [0.29, 0.717) is 18.0 Å². The minimum absolute atomic E-state index is 0.0144. The molecule has 0 aliphatic rings. The van der Waals surface area contributed by atoms with Crippen molar-refractivity contribution in [2.45, 2.75) is 25.4 Å². The maximum absolute atomic E-state index is 10.5. The number of ether oxygens (including phenoxy) is 2. The molecule has 24 heavy (non-hydrogen) atoms. The summed E-state index contributed by atoms with van der Waals surface area (Å²) in [6.07, 6.45) is -0.665. The van der Waals surface area contributed by atoms with Crippen LogP contribution in [0, 0.1) is 0 Å². The summed E-state index contributed by atoms with van der Waals surface area (Å²) in [5.41, 5.74) is 1.98. The molecule has 0 radical (unpaired) electrons. The molecule has 0 amide bonds. The maximum atomic E-state index is 10.5. The van der Waals surface area contributed by atoms with Gasteiger partial charge in [-0.15, -0.1) is 0 Å². The highest BCUT2D eigenvalue weighted by Crippen LogP contribution is 2.29. The lowest BCUT2D eigenvalue weighted by Crippen LogP contribution is -2.35. The first-order valence-electron chi connectivity index (χ1n) is 8.14. The molecule has 0 aromatic heterocycles. The number of aliphatic hydroxyl groups is 1. The van der Waals surface area contributed by atoms with Gasteiger partial charge in [-0.1, -0.05) is 44.2 Å². The SMILES string of the molecule is COc1ccc(OC)c(C(O)CNCC(C)(C)c2ccccc2)c1. The number of methoxy groups -OCH3 is 2. The van der Waals surface area contributed by atoms with Gasteiger partial charge < -0.3 is 19.9 Å². The molecule has 1 atom stereocenters. The first-order chi connectivity index (χ1) is 11.5. The van der Waals surface area contributed by atoms with E-state index >= 15 is 0 Å². The summed E-state index contributed by atoms with van der Waals surface area (Å²) in [4.78, 5) is 0. The lowest BCUT2D eigenvalue weighted by Gasteiger charge is -2.26. The number of nitrogens with one attached hydrogen (secondary N) is 1. The predicted octanol–water partition coefficient (Wildman–Crippen LogP) is 3.30. The van der Waals surface area contributed by atoms with Crippen LogP contribution in [0.2, 0.25) is 0 Å². The van der Waals surface area contributed by atoms with Crippen molar-refractivity contribution < 1.29 is 14.6 Å². The number of rotatable bonds is 8. The van der Waals surface area contributed by atoms with Crippen LogP contribution in [-0.2, 0) is 5.41 Å². The number of benzene rings is 2. The van der Waals surface area contributed by atoms with Crippen LogP contribution in [0.25, 0.3) is 0 Å². The summed E-state index contributed by atoms with van der Waals surface area (Å²) in [6.45, 7) is 5.59. The minimum atomic E-state index is -0.665. The molecule has 2 aromatic rings. The van der Waals surface area contributed by atoms with Gasteiger partial charge in [0.25, 0.3) is 0 Å². The van der Waals surface area contributed by atoms with Gasteiger partial charge in [-0.2, -0.15) is 0 Å². The van der Waals surface area contributed by atoms with Crippen molar-refractivity contribution in [2.24, 2.45) is 0 Å². The highest BCUT2D eigenvalue weighted by atomic mass is 16.5. The van der Waals surface area contributed by atoms with Crippen LogP contribution < -0.4 is 14.8 Å². The third kappa shape index (κ3) is 4.49. The summed E-state index contributed by atoms with van der Waals surface area (Å²) in [5.74, 6) is 1.36. The molecule has 4 nitrogen and oxygen atoms in total. The average Bonchev–Trinajstić information content (AvgIpc) is 2.61. The summed E-state index contributed by atoms with van der Waals surface area (Å²) in [7, 11) is 3.21. The second-order valence-corrected chi connectivity index (χ2v) is 6.50. The molecule has 0 bridgehead atoms. The third-order valence-corrected chi connectivity index (χ3v) is 4.26. The Morgan fingerprint density at radius 3 is 2.38 bits per heavy atom. The van der Waals surface area contributed by atoms with Crippen LogP contribution in [0.1, 0.15) is 31.1 Å². The van der Waals surface area contributed by atoms with Crippen molar-refractivity contribution in [1.82, 2.24) is 5.32 Å². The second kappa shape index (κ2) is 8.18. The van der Waals surface area contributed by atoms with Gasteiger partial charge in [0.05, 0.1) is 20.3 Å². The minimum Gasteiger partial charge on any atom is -0.497 e. The molecule has 0 saturated heterocycles. The van der Waals surface area contributed by atoms with Crippen molar-refractivity contribution >= 4 is 0 Å². The van der Waals surface area contributed by atoms with Gasteiger partial charge in [-0.25, -0.2) is 0 Å². The van der Waals surface area contributed by atoms with Crippen LogP contribution in [0.5, 0.6) is 11.5 Å². The number of hydrogen-bond acceptors (Lipinski definition) is 4. The zero-order valence-corrected chi connectivity index (χ0v) is 14.9. The monoisotopic (exact) mass is 329 g/mol. The summed E-state index contributed by atoms with van der Waals surface area (Å²) in [6, 6.07) is 15.8. The topological polar surface area (TPSA) is 50.7 Å². The van der Waals surface area contributed by atoms with E-state index < -0.39 is 6.10 Å². The largest absolute Gasteiger partial charge is 0.497 e. The molecule has 2 aromatic carbocycles. The van der Waals surface area contributed by atoms with Crippen molar-refractivity contribution in [2.75, 3.05) is 27.3 Å². The molecule has 2 N–H and O–H groups in total. The fraction of sp³-hybridized carbons (Fsp3) is 0.400. The summed E-state index contributed by atoms with van der Waals surface area (Å²) in [5, 5.41) is 13.9. The van der Waals surface area contributed by atoms with E-state index in [1.54, 1.807) is 14.2 Å². The second-order valence-electron chi connectivity index (χ2n) is 6.50. The van der Waals surface area contributed by atoms with Gasteiger partial charge in [-0.3, -0.25) is 0 Å². The molecule has 0 aliphatic carbocycles. The van der Waals surface area contributed by atoms with Crippen molar-refractivity contribution in [1.29, 1.82) is 0 Å². The predicted molar refractivity (Wildman–Crippen MR) is 96.8 cm³/mol. The van der Waals surface area contributed by atoms with Gasteiger partial charge in [0.1, 0.15) is 11.5 Å². The zero-order chi connectivity index (χ0) is 17.6. The van der Waals surface area contributed by atoms with Crippen LogP contribution in [0.15, 0.2) is 48.5 Å². The van der Waals surface area contributed by atoms with Gasteiger partial charge in [0, 0.05) is 24.1 Å². The Hall–Kier alpha value is -2.04. The summed E-state index contributed by atoms with van der Waals surface area (Å²) < 4.78 is 10.6. The van der Waals surface area contributed by atoms with E-state index in [1.807, 2.05) is 36.4 Å². The Morgan fingerprint density at radius 1 is 1.04 bits per heavy atom. The molecule has 0 aliphatic heterocycles. The fourth-order valence-electron chi connectivity index (χ4n) is 2.72. The molecule has 0 fully saturated rings. The highest BCUT2D eigenvalue weighted by molar-refractivity contribution is 5.41. The molecular formula is C20H27NO3. The normalized spacial score (nSPS) is 12.7. The summed E-state index contributed by atoms with van der Waals surface area (Å²) >= 11 is 0. The van der Waals surface area contributed by atoms with Gasteiger partial charge >= 0.3 is 0 Å². The first kappa shape index (κ1) is 18.3. The molecule has 130 valence electrons. The van der Waals surface area contributed by atoms with Crippen molar-refractivity contribution in [3.8, 4) is 11.5 Å². The Kier molecular flexibility index (Phi) is 6.23. The Bertz CT molecular complexity index is 641. The third-order valence-electron chi connectivity index (χ3n) is 4.26. The number of hydrogen-bond donors (Lipinski definition) is 2. The molecule has 1 unspecified atom stereocenters. The lowest BCUT2D eigenvalue weighted by atomic mass is 9.84. The van der Waals surface area contributed by atoms with Crippen LogP contribution in [-0.4, -0.2) is 32.4 Å². The Morgan fingerprint density at radius 2 is 1.75 bits per heavy atom. The highest BCUT2D eigenvalue weighted by Gasteiger charge is 2.21. The molecule has 0 heterocycles. The van der Waals surface area contributed by atoms with Crippen LogP contribution in [0.3, 0.4) is 0 Å². The fourth-order valence-corrected chi connectivity index (χ4v) is 2.72.